The van der Waals surface area contributed by atoms with Crippen LogP contribution in [0.3, 0.4) is 0 Å². The Balaban J connectivity index is 1.81. The highest BCUT2D eigenvalue weighted by atomic mass is 16.7. The summed E-state index contributed by atoms with van der Waals surface area (Å²) in [6.45, 7) is 4.12. The largest absolute Gasteiger partial charge is 0.393 e. The lowest BCUT2D eigenvalue weighted by atomic mass is 9.97. The van der Waals surface area contributed by atoms with E-state index in [1.807, 2.05) is 6.92 Å². The van der Waals surface area contributed by atoms with E-state index in [-0.39, 0.29) is 18.6 Å². The lowest BCUT2D eigenvalue weighted by molar-refractivity contribution is -0.299. The Morgan fingerprint density at radius 1 is 1.05 bits per heavy atom. The highest BCUT2D eigenvalue weighted by Gasteiger charge is 2.42. The van der Waals surface area contributed by atoms with Crippen molar-refractivity contribution < 1.29 is 34.6 Å². The number of ether oxygens (including phenoxy) is 3. The zero-order valence-corrected chi connectivity index (χ0v) is 11.8. The molecule has 0 saturated carbocycles. The van der Waals surface area contributed by atoms with Crippen LogP contribution in [0.1, 0.15) is 20.3 Å². The summed E-state index contributed by atoms with van der Waals surface area (Å²) in [7, 11) is 0. The van der Waals surface area contributed by atoms with Gasteiger partial charge >= 0.3 is 0 Å². The van der Waals surface area contributed by atoms with E-state index >= 15 is 0 Å². The van der Waals surface area contributed by atoms with Crippen LogP contribution in [-0.4, -0.2) is 76.6 Å². The van der Waals surface area contributed by atoms with Crippen molar-refractivity contribution in [2.45, 2.75) is 63.2 Å². The lowest BCUT2D eigenvalue weighted by Crippen LogP contribution is -2.57. The summed E-state index contributed by atoms with van der Waals surface area (Å²) >= 11 is 0. The van der Waals surface area contributed by atoms with Crippen LogP contribution in [0.15, 0.2) is 0 Å². The van der Waals surface area contributed by atoms with Gasteiger partial charge in [0.1, 0.15) is 18.3 Å². The Labute approximate surface area is 118 Å². The van der Waals surface area contributed by atoms with E-state index in [1.165, 1.54) is 0 Å². The molecule has 0 amide bonds. The van der Waals surface area contributed by atoms with Crippen LogP contribution in [-0.2, 0) is 14.2 Å². The standard InChI is InChI=1S/C13H24O7/c1-6-4-18-8(3-9(6)14)5-19-13-12(17)11(16)10(15)7(2)20-13/h6-17H,3-5H2,1-2H3. The van der Waals surface area contributed by atoms with Gasteiger partial charge in [0.25, 0.3) is 0 Å². The number of rotatable bonds is 3. The first kappa shape index (κ1) is 16.1. The summed E-state index contributed by atoms with van der Waals surface area (Å²) in [5, 5.41) is 38.8. The van der Waals surface area contributed by atoms with E-state index in [4.69, 9.17) is 14.2 Å². The molecule has 20 heavy (non-hydrogen) atoms. The Hall–Kier alpha value is -0.280. The molecule has 8 unspecified atom stereocenters. The van der Waals surface area contributed by atoms with Crippen LogP contribution >= 0.6 is 0 Å². The number of aliphatic hydroxyl groups excluding tert-OH is 4. The van der Waals surface area contributed by atoms with Crippen LogP contribution < -0.4 is 0 Å². The van der Waals surface area contributed by atoms with Gasteiger partial charge in [-0.25, -0.2) is 0 Å². The molecule has 7 nitrogen and oxygen atoms in total. The Kier molecular flexibility index (Phi) is 5.36. The normalized spacial score (nSPS) is 50.1. The third-order valence-corrected chi connectivity index (χ3v) is 4.01. The quantitative estimate of drug-likeness (QED) is 0.507. The molecule has 2 heterocycles. The molecule has 0 aromatic rings. The van der Waals surface area contributed by atoms with Gasteiger partial charge in [-0.1, -0.05) is 6.92 Å². The maximum Gasteiger partial charge on any atom is 0.186 e. The molecule has 0 aromatic carbocycles. The minimum Gasteiger partial charge on any atom is -0.393 e. The summed E-state index contributed by atoms with van der Waals surface area (Å²) < 4.78 is 16.3. The number of aliphatic hydroxyl groups is 4. The molecule has 0 aromatic heterocycles. The molecule has 0 aliphatic carbocycles. The predicted octanol–water partition coefficient (Wildman–Crippen LogP) is -1.38. The molecule has 2 rings (SSSR count). The van der Waals surface area contributed by atoms with Crippen molar-refractivity contribution >= 4 is 0 Å². The van der Waals surface area contributed by atoms with Gasteiger partial charge < -0.3 is 34.6 Å². The first-order chi connectivity index (χ1) is 9.40. The van der Waals surface area contributed by atoms with Crippen molar-refractivity contribution in [2.75, 3.05) is 13.2 Å². The summed E-state index contributed by atoms with van der Waals surface area (Å²) in [6.07, 6.45) is -5.63. The van der Waals surface area contributed by atoms with Crippen molar-refractivity contribution in [3.05, 3.63) is 0 Å². The van der Waals surface area contributed by atoms with Gasteiger partial charge in [-0.2, -0.15) is 0 Å². The molecule has 118 valence electrons. The second-order valence-corrected chi connectivity index (χ2v) is 5.75. The van der Waals surface area contributed by atoms with Crippen molar-refractivity contribution in [1.82, 2.24) is 0 Å². The highest BCUT2D eigenvalue weighted by molar-refractivity contribution is 4.87. The Morgan fingerprint density at radius 3 is 2.40 bits per heavy atom. The Morgan fingerprint density at radius 2 is 1.75 bits per heavy atom. The van der Waals surface area contributed by atoms with Gasteiger partial charge in [-0.05, 0) is 6.92 Å². The van der Waals surface area contributed by atoms with Crippen LogP contribution in [0, 0.1) is 5.92 Å². The fraction of sp³-hybridized carbons (Fsp3) is 1.00. The molecule has 0 bridgehead atoms. The van der Waals surface area contributed by atoms with E-state index in [2.05, 4.69) is 0 Å². The van der Waals surface area contributed by atoms with E-state index < -0.39 is 36.8 Å². The van der Waals surface area contributed by atoms with Crippen molar-refractivity contribution in [1.29, 1.82) is 0 Å². The van der Waals surface area contributed by atoms with Crippen LogP contribution in [0.2, 0.25) is 0 Å². The average molecular weight is 292 g/mol. The SMILES string of the molecule is CC1COC(COC2OC(C)C(O)C(O)C2O)CC1O. The molecule has 0 radical (unpaired) electrons. The number of hydrogen-bond donors (Lipinski definition) is 4. The zero-order chi connectivity index (χ0) is 14.9. The number of hydrogen-bond acceptors (Lipinski definition) is 7. The maximum atomic E-state index is 9.80. The minimum atomic E-state index is -1.31. The smallest absolute Gasteiger partial charge is 0.186 e. The predicted molar refractivity (Wildman–Crippen MR) is 67.8 cm³/mol. The van der Waals surface area contributed by atoms with Crippen LogP contribution in [0.4, 0.5) is 0 Å². The van der Waals surface area contributed by atoms with Gasteiger partial charge in [0.15, 0.2) is 6.29 Å². The third kappa shape index (κ3) is 3.48. The summed E-state index contributed by atoms with van der Waals surface area (Å²) in [4.78, 5) is 0. The molecule has 2 fully saturated rings. The Bertz CT molecular complexity index is 313. The molecule has 4 N–H and O–H groups in total. The molecular formula is C13H24O7. The van der Waals surface area contributed by atoms with E-state index in [1.54, 1.807) is 6.92 Å². The molecular weight excluding hydrogens is 268 g/mol. The fourth-order valence-electron chi connectivity index (χ4n) is 2.44. The van der Waals surface area contributed by atoms with Crippen molar-refractivity contribution in [2.24, 2.45) is 5.92 Å². The maximum absolute atomic E-state index is 9.80. The van der Waals surface area contributed by atoms with Crippen molar-refractivity contribution in [3.63, 3.8) is 0 Å². The van der Waals surface area contributed by atoms with Crippen molar-refractivity contribution in [3.8, 4) is 0 Å². The fourth-order valence-corrected chi connectivity index (χ4v) is 2.44. The molecule has 7 heteroatoms. The monoisotopic (exact) mass is 292 g/mol. The van der Waals surface area contributed by atoms with Gasteiger partial charge in [0.05, 0.1) is 31.5 Å². The summed E-state index contributed by atoms with van der Waals surface area (Å²) in [6, 6.07) is 0. The summed E-state index contributed by atoms with van der Waals surface area (Å²) in [5.41, 5.74) is 0. The van der Waals surface area contributed by atoms with Crippen LogP contribution in [0.25, 0.3) is 0 Å². The second-order valence-electron chi connectivity index (χ2n) is 5.75. The van der Waals surface area contributed by atoms with Gasteiger partial charge in [-0.15, -0.1) is 0 Å². The second kappa shape index (κ2) is 6.65. The first-order valence-electron chi connectivity index (χ1n) is 7.01. The average Bonchev–Trinajstić information content (AvgIpc) is 2.42. The van der Waals surface area contributed by atoms with Gasteiger partial charge in [0, 0.05) is 12.3 Å². The molecule has 2 saturated heterocycles. The molecule has 8 atom stereocenters. The highest BCUT2D eigenvalue weighted by Crippen LogP contribution is 2.24. The van der Waals surface area contributed by atoms with Crippen LogP contribution in [0.5, 0.6) is 0 Å². The molecule has 2 aliphatic heterocycles. The zero-order valence-electron chi connectivity index (χ0n) is 11.8. The molecule has 0 spiro atoms. The minimum absolute atomic E-state index is 0.0970. The van der Waals surface area contributed by atoms with Gasteiger partial charge in [0.2, 0.25) is 0 Å². The molecule has 2 aliphatic rings. The third-order valence-electron chi connectivity index (χ3n) is 4.01. The topological polar surface area (TPSA) is 109 Å². The summed E-state index contributed by atoms with van der Waals surface area (Å²) in [5.74, 6) is 0.0970. The van der Waals surface area contributed by atoms with E-state index in [9.17, 15) is 20.4 Å². The van der Waals surface area contributed by atoms with E-state index in [0.717, 1.165) is 0 Å². The van der Waals surface area contributed by atoms with E-state index in [0.29, 0.717) is 13.0 Å². The lowest BCUT2D eigenvalue weighted by Gasteiger charge is -2.40. The first-order valence-corrected chi connectivity index (χ1v) is 7.01. The van der Waals surface area contributed by atoms with Gasteiger partial charge in [-0.3, -0.25) is 0 Å².